The Morgan fingerprint density at radius 1 is 1.06 bits per heavy atom. The predicted molar refractivity (Wildman–Crippen MR) is 125 cm³/mol. The number of hydrogen-bond acceptors (Lipinski definition) is 6. The molecule has 1 aliphatic carbocycles. The summed E-state index contributed by atoms with van der Waals surface area (Å²) in [7, 11) is 0. The second kappa shape index (κ2) is 8.75. The Morgan fingerprint density at radius 3 is 2.61 bits per heavy atom. The number of fused-ring (bicyclic) bond motifs is 1. The van der Waals surface area contributed by atoms with Gasteiger partial charge in [-0.25, -0.2) is 4.98 Å². The van der Waals surface area contributed by atoms with Crippen LogP contribution in [-0.2, 0) is 17.6 Å². The van der Waals surface area contributed by atoms with Crippen LogP contribution in [0.3, 0.4) is 0 Å². The van der Waals surface area contributed by atoms with Crippen molar-refractivity contribution in [1.29, 1.82) is 0 Å². The highest BCUT2D eigenvalue weighted by molar-refractivity contribution is 7.15. The lowest BCUT2D eigenvalue weighted by Gasteiger charge is -2.31. The number of aryl methyl sites for hydroxylation is 3. The number of carbonyl (C=O) groups is 1. The number of hydrogen-bond donors (Lipinski definition) is 1. The molecule has 1 saturated heterocycles. The fraction of sp³-hybridized carbons (Fsp3) is 0.417. The first-order chi connectivity index (χ1) is 15.2. The third kappa shape index (κ3) is 4.32. The van der Waals surface area contributed by atoms with Gasteiger partial charge >= 0.3 is 0 Å². The predicted octanol–water partition coefficient (Wildman–Crippen LogP) is 4.64. The van der Waals surface area contributed by atoms with Crippen molar-refractivity contribution in [2.45, 2.75) is 45.4 Å². The molecule has 0 saturated carbocycles. The van der Waals surface area contributed by atoms with Crippen LogP contribution in [0.1, 0.15) is 41.8 Å². The molecule has 0 atom stereocenters. The van der Waals surface area contributed by atoms with Gasteiger partial charge in [-0.15, -0.1) is 21.5 Å². The zero-order valence-corrected chi connectivity index (χ0v) is 18.6. The molecule has 0 spiro atoms. The first-order valence-corrected chi connectivity index (χ1v) is 11.9. The molecule has 160 valence electrons. The van der Waals surface area contributed by atoms with E-state index in [0.717, 1.165) is 61.0 Å². The molecule has 2 aliphatic rings. The number of aromatic nitrogens is 3. The van der Waals surface area contributed by atoms with E-state index in [2.05, 4.69) is 44.5 Å². The number of thiazole rings is 1. The molecule has 31 heavy (non-hydrogen) atoms. The van der Waals surface area contributed by atoms with E-state index in [9.17, 15) is 4.79 Å². The van der Waals surface area contributed by atoms with Crippen molar-refractivity contribution in [3.8, 4) is 11.3 Å². The zero-order valence-electron chi connectivity index (χ0n) is 17.8. The van der Waals surface area contributed by atoms with Crippen LogP contribution in [0.2, 0.25) is 0 Å². The van der Waals surface area contributed by atoms with Gasteiger partial charge < -0.3 is 10.2 Å². The van der Waals surface area contributed by atoms with Gasteiger partial charge in [-0.1, -0.05) is 24.3 Å². The van der Waals surface area contributed by atoms with Crippen molar-refractivity contribution >= 4 is 28.2 Å². The smallest absolute Gasteiger partial charge is 0.229 e. The van der Waals surface area contributed by atoms with Crippen molar-refractivity contribution in [1.82, 2.24) is 15.2 Å². The van der Waals surface area contributed by atoms with Gasteiger partial charge in [-0.2, -0.15) is 0 Å². The van der Waals surface area contributed by atoms with Gasteiger partial charge in [0.2, 0.25) is 5.91 Å². The lowest BCUT2D eigenvalue weighted by Crippen LogP contribution is -2.38. The van der Waals surface area contributed by atoms with Gasteiger partial charge in [-0.05, 0) is 63.1 Å². The van der Waals surface area contributed by atoms with Gasteiger partial charge in [-0.3, -0.25) is 4.79 Å². The van der Waals surface area contributed by atoms with Gasteiger partial charge in [0.15, 0.2) is 10.9 Å². The maximum atomic E-state index is 12.8. The number of benzene rings is 1. The molecule has 1 aromatic carbocycles. The SMILES string of the molecule is Cc1ccccc1-c1ccc(N2CCC(C(=O)Nc3nc4c(s3)CCCC4)CC2)nn1. The zero-order chi connectivity index (χ0) is 21.2. The Balaban J connectivity index is 1.18. The summed E-state index contributed by atoms with van der Waals surface area (Å²) in [5, 5.41) is 12.8. The topological polar surface area (TPSA) is 71.0 Å². The largest absolute Gasteiger partial charge is 0.355 e. The standard InChI is InChI=1S/C24H27N5OS/c1-16-6-2-3-7-18(16)19-10-11-22(28-27-19)29-14-12-17(13-15-29)23(30)26-24-25-20-8-4-5-9-21(20)31-24/h2-3,6-7,10-11,17H,4-5,8-9,12-15H2,1H3,(H,25,26,30). The number of anilines is 2. The molecule has 6 nitrogen and oxygen atoms in total. The molecule has 7 heteroatoms. The number of rotatable bonds is 4. The number of carbonyl (C=O) groups excluding carboxylic acids is 1. The third-order valence-corrected chi connectivity index (χ3v) is 7.41. The summed E-state index contributed by atoms with van der Waals surface area (Å²) in [4.78, 5) is 21.0. The second-order valence-electron chi connectivity index (χ2n) is 8.44. The van der Waals surface area contributed by atoms with Gasteiger partial charge in [0.05, 0.1) is 11.4 Å². The quantitative estimate of drug-likeness (QED) is 0.649. The lowest BCUT2D eigenvalue weighted by atomic mass is 9.96. The number of nitrogens with one attached hydrogen (secondary N) is 1. The molecule has 0 bridgehead atoms. The molecule has 3 heterocycles. The summed E-state index contributed by atoms with van der Waals surface area (Å²) in [6.45, 7) is 3.71. The molecule has 2 aromatic heterocycles. The van der Waals surface area contributed by atoms with E-state index in [-0.39, 0.29) is 11.8 Å². The van der Waals surface area contributed by atoms with Gasteiger partial charge in [0.1, 0.15) is 0 Å². The van der Waals surface area contributed by atoms with Crippen LogP contribution >= 0.6 is 11.3 Å². The molecule has 1 amide bonds. The summed E-state index contributed by atoms with van der Waals surface area (Å²) in [5.74, 6) is 1.01. The minimum Gasteiger partial charge on any atom is -0.355 e. The monoisotopic (exact) mass is 433 g/mol. The Morgan fingerprint density at radius 2 is 1.87 bits per heavy atom. The van der Waals surface area contributed by atoms with Crippen LogP contribution in [0.25, 0.3) is 11.3 Å². The van der Waals surface area contributed by atoms with Crippen molar-refractivity contribution in [2.24, 2.45) is 5.92 Å². The summed E-state index contributed by atoms with van der Waals surface area (Å²) in [5.41, 5.74) is 4.38. The first-order valence-electron chi connectivity index (χ1n) is 11.1. The van der Waals surface area contributed by atoms with Crippen molar-refractivity contribution in [3.05, 3.63) is 52.5 Å². The summed E-state index contributed by atoms with van der Waals surface area (Å²) >= 11 is 1.65. The Kier molecular flexibility index (Phi) is 5.68. The number of amides is 1. The minimum absolute atomic E-state index is 0.0244. The molecular weight excluding hydrogens is 406 g/mol. The Labute approximate surface area is 186 Å². The van der Waals surface area contributed by atoms with E-state index < -0.39 is 0 Å². The lowest BCUT2D eigenvalue weighted by molar-refractivity contribution is -0.120. The number of nitrogens with zero attached hydrogens (tertiary/aromatic N) is 4. The van der Waals surface area contributed by atoms with Crippen LogP contribution in [0.5, 0.6) is 0 Å². The maximum Gasteiger partial charge on any atom is 0.229 e. The van der Waals surface area contributed by atoms with Crippen LogP contribution in [0.4, 0.5) is 10.9 Å². The van der Waals surface area contributed by atoms with E-state index in [1.165, 1.54) is 29.0 Å². The van der Waals surface area contributed by atoms with Crippen molar-refractivity contribution in [3.63, 3.8) is 0 Å². The highest BCUT2D eigenvalue weighted by Gasteiger charge is 2.27. The fourth-order valence-electron chi connectivity index (χ4n) is 4.48. The molecular formula is C24H27N5OS. The average Bonchev–Trinajstić information content (AvgIpc) is 3.22. The highest BCUT2D eigenvalue weighted by Crippen LogP contribution is 2.31. The molecule has 0 radical (unpaired) electrons. The third-order valence-electron chi connectivity index (χ3n) is 6.34. The van der Waals surface area contributed by atoms with E-state index in [4.69, 9.17) is 0 Å². The minimum atomic E-state index is 0.0244. The summed E-state index contributed by atoms with van der Waals surface area (Å²) in [6, 6.07) is 12.3. The molecule has 1 N–H and O–H groups in total. The van der Waals surface area contributed by atoms with E-state index in [1.54, 1.807) is 11.3 Å². The van der Waals surface area contributed by atoms with E-state index >= 15 is 0 Å². The maximum absolute atomic E-state index is 12.8. The fourth-order valence-corrected chi connectivity index (χ4v) is 5.53. The van der Waals surface area contributed by atoms with E-state index in [1.807, 2.05) is 24.3 Å². The second-order valence-corrected chi connectivity index (χ2v) is 9.52. The molecule has 1 fully saturated rings. The van der Waals surface area contributed by atoms with Gasteiger partial charge in [0.25, 0.3) is 0 Å². The molecule has 0 unspecified atom stereocenters. The Bertz CT molecular complexity index is 1050. The summed E-state index contributed by atoms with van der Waals surface area (Å²) in [6.07, 6.45) is 6.22. The summed E-state index contributed by atoms with van der Waals surface area (Å²) < 4.78 is 0. The van der Waals surface area contributed by atoms with E-state index in [0.29, 0.717) is 0 Å². The van der Waals surface area contributed by atoms with Gasteiger partial charge in [0, 0.05) is 29.4 Å². The van der Waals surface area contributed by atoms with Crippen LogP contribution in [0.15, 0.2) is 36.4 Å². The highest BCUT2D eigenvalue weighted by atomic mass is 32.1. The van der Waals surface area contributed by atoms with Crippen LogP contribution in [-0.4, -0.2) is 34.2 Å². The van der Waals surface area contributed by atoms with Crippen LogP contribution < -0.4 is 10.2 Å². The Hall–Kier alpha value is -2.80. The normalized spacial score (nSPS) is 16.7. The van der Waals surface area contributed by atoms with Crippen molar-refractivity contribution in [2.75, 3.05) is 23.3 Å². The van der Waals surface area contributed by atoms with Crippen molar-refractivity contribution < 1.29 is 4.79 Å². The molecule has 1 aliphatic heterocycles. The number of piperidine rings is 1. The molecule has 5 rings (SSSR count). The van der Waals surface area contributed by atoms with Crippen LogP contribution in [0, 0.1) is 12.8 Å². The average molecular weight is 434 g/mol. The first kappa shape index (κ1) is 20.1. The molecule has 3 aromatic rings.